The molecule has 1 amide bonds. The standard InChI is InChI=1S/C16H15NO5/c1-9-6-12(8-22-9)15(18)17-14(16(19)20)11-2-3-13-10(7-11)4-5-21-13/h2-3,6-8,14H,4-5H2,1H3,(H,17,18)(H,19,20). The third-order valence-corrected chi connectivity index (χ3v) is 3.56. The molecule has 114 valence electrons. The molecule has 1 aromatic heterocycles. The summed E-state index contributed by atoms with van der Waals surface area (Å²) >= 11 is 0. The number of fused-ring (bicyclic) bond motifs is 1. The lowest BCUT2D eigenvalue weighted by Gasteiger charge is -2.15. The number of carboxylic acid groups (broad SMARTS) is 1. The van der Waals surface area contributed by atoms with Gasteiger partial charge < -0.3 is 19.6 Å². The molecule has 0 radical (unpaired) electrons. The van der Waals surface area contributed by atoms with Gasteiger partial charge in [-0.2, -0.15) is 0 Å². The molecule has 0 saturated heterocycles. The van der Waals surface area contributed by atoms with Gasteiger partial charge in [0.05, 0.1) is 12.2 Å². The topological polar surface area (TPSA) is 88.8 Å². The minimum atomic E-state index is -1.12. The summed E-state index contributed by atoms with van der Waals surface area (Å²) < 4.78 is 10.5. The van der Waals surface area contributed by atoms with Crippen LogP contribution in [0, 0.1) is 6.92 Å². The predicted molar refractivity (Wildman–Crippen MR) is 76.9 cm³/mol. The predicted octanol–water partition coefficient (Wildman–Crippen LogP) is 2.08. The number of carbonyl (C=O) groups is 2. The van der Waals surface area contributed by atoms with Crippen molar-refractivity contribution in [3.05, 3.63) is 53.0 Å². The molecule has 0 spiro atoms. The smallest absolute Gasteiger partial charge is 0.330 e. The maximum absolute atomic E-state index is 12.1. The van der Waals surface area contributed by atoms with Crippen LogP contribution in [0.5, 0.6) is 5.75 Å². The maximum atomic E-state index is 12.1. The molecule has 1 aliphatic heterocycles. The molecule has 0 saturated carbocycles. The van der Waals surface area contributed by atoms with E-state index in [1.165, 1.54) is 6.26 Å². The SMILES string of the molecule is Cc1cc(C(=O)NC(C(=O)O)c2ccc3c(c2)CCO3)co1. The van der Waals surface area contributed by atoms with Gasteiger partial charge in [-0.05, 0) is 36.2 Å². The molecule has 2 N–H and O–H groups in total. The highest BCUT2D eigenvalue weighted by Gasteiger charge is 2.25. The quantitative estimate of drug-likeness (QED) is 0.902. The molecular formula is C16H15NO5. The Hall–Kier alpha value is -2.76. The molecule has 0 bridgehead atoms. The van der Waals surface area contributed by atoms with E-state index in [2.05, 4.69) is 5.32 Å². The second-order valence-electron chi connectivity index (χ2n) is 5.16. The molecule has 0 fully saturated rings. The summed E-state index contributed by atoms with van der Waals surface area (Å²) in [7, 11) is 0. The Morgan fingerprint density at radius 1 is 1.32 bits per heavy atom. The third kappa shape index (κ3) is 2.67. The van der Waals surface area contributed by atoms with Crippen LogP contribution >= 0.6 is 0 Å². The second-order valence-corrected chi connectivity index (χ2v) is 5.16. The van der Waals surface area contributed by atoms with Crippen LogP contribution in [-0.2, 0) is 11.2 Å². The summed E-state index contributed by atoms with van der Waals surface area (Å²) in [4.78, 5) is 23.6. The lowest BCUT2D eigenvalue weighted by atomic mass is 10.0. The van der Waals surface area contributed by atoms with Gasteiger partial charge in [-0.1, -0.05) is 6.07 Å². The number of aryl methyl sites for hydroxylation is 1. The largest absolute Gasteiger partial charge is 0.493 e. The van der Waals surface area contributed by atoms with Crippen LogP contribution in [0.15, 0.2) is 34.9 Å². The highest BCUT2D eigenvalue weighted by atomic mass is 16.5. The number of nitrogens with one attached hydrogen (secondary N) is 1. The lowest BCUT2D eigenvalue weighted by molar-refractivity contribution is -0.139. The molecule has 2 aromatic rings. The Labute approximate surface area is 126 Å². The monoisotopic (exact) mass is 301 g/mol. The minimum absolute atomic E-state index is 0.299. The first kappa shape index (κ1) is 14.2. The molecule has 6 heteroatoms. The zero-order valence-corrected chi connectivity index (χ0v) is 12.0. The van der Waals surface area contributed by atoms with Crippen molar-refractivity contribution in [1.82, 2.24) is 5.32 Å². The van der Waals surface area contributed by atoms with E-state index < -0.39 is 17.9 Å². The normalized spacial score (nSPS) is 14.0. The fourth-order valence-electron chi connectivity index (χ4n) is 2.45. The Balaban J connectivity index is 1.84. The van der Waals surface area contributed by atoms with E-state index in [0.29, 0.717) is 23.5 Å². The van der Waals surface area contributed by atoms with Crippen molar-refractivity contribution in [3.8, 4) is 5.75 Å². The van der Waals surface area contributed by atoms with E-state index >= 15 is 0 Å². The number of aliphatic carboxylic acids is 1. The Bertz CT molecular complexity index is 734. The van der Waals surface area contributed by atoms with E-state index in [4.69, 9.17) is 9.15 Å². The number of furan rings is 1. The van der Waals surface area contributed by atoms with Crippen molar-refractivity contribution in [2.45, 2.75) is 19.4 Å². The molecule has 6 nitrogen and oxygen atoms in total. The maximum Gasteiger partial charge on any atom is 0.330 e. The van der Waals surface area contributed by atoms with Crippen LogP contribution in [0.2, 0.25) is 0 Å². The molecule has 1 unspecified atom stereocenters. The van der Waals surface area contributed by atoms with E-state index in [0.717, 1.165) is 17.7 Å². The minimum Gasteiger partial charge on any atom is -0.493 e. The van der Waals surface area contributed by atoms with Crippen LogP contribution in [0.3, 0.4) is 0 Å². The average Bonchev–Trinajstić information content (AvgIpc) is 3.11. The van der Waals surface area contributed by atoms with Crippen molar-refractivity contribution in [2.24, 2.45) is 0 Å². The van der Waals surface area contributed by atoms with E-state index in [1.54, 1.807) is 31.2 Å². The van der Waals surface area contributed by atoms with Crippen LogP contribution in [0.25, 0.3) is 0 Å². The molecular weight excluding hydrogens is 286 g/mol. The van der Waals surface area contributed by atoms with Crippen molar-refractivity contribution in [3.63, 3.8) is 0 Å². The van der Waals surface area contributed by atoms with Gasteiger partial charge in [0, 0.05) is 6.42 Å². The zero-order valence-electron chi connectivity index (χ0n) is 12.0. The van der Waals surface area contributed by atoms with Gasteiger partial charge in [0.25, 0.3) is 5.91 Å². The third-order valence-electron chi connectivity index (χ3n) is 3.56. The molecule has 1 aliphatic rings. The van der Waals surface area contributed by atoms with Gasteiger partial charge in [0.1, 0.15) is 17.8 Å². The molecule has 0 aliphatic carbocycles. The van der Waals surface area contributed by atoms with E-state index in [1.807, 2.05) is 0 Å². The number of benzene rings is 1. The molecule has 2 heterocycles. The van der Waals surface area contributed by atoms with Crippen molar-refractivity contribution < 1.29 is 23.8 Å². The number of hydrogen-bond acceptors (Lipinski definition) is 4. The fraction of sp³-hybridized carbons (Fsp3) is 0.250. The lowest BCUT2D eigenvalue weighted by Crippen LogP contribution is -2.33. The number of carbonyl (C=O) groups excluding carboxylic acids is 1. The van der Waals surface area contributed by atoms with E-state index in [-0.39, 0.29) is 0 Å². The van der Waals surface area contributed by atoms with Crippen molar-refractivity contribution >= 4 is 11.9 Å². The number of rotatable bonds is 4. The van der Waals surface area contributed by atoms with Gasteiger partial charge >= 0.3 is 5.97 Å². The molecule has 3 rings (SSSR count). The second kappa shape index (κ2) is 5.55. The Morgan fingerprint density at radius 2 is 2.14 bits per heavy atom. The Kier molecular flexibility index (Phi) is 3.58. The Morgan fingerprint density at radius 3 is 2.82 bits per heavy atom. The number of hydrogen-bond donors (Lipinski definition) is 2. The van der Waals surface area contributed by atoms with Gasteiger partial charge in [-0.25, -0.2) is 4.79 Å². The van der Waals surface area contributed by atoms with Gasteiger partial charge in [0.15, 0.2) is 6.04 Å². The summed E-state index contributed by atoms with van der Waals surface area (Å²) in [5.74, 6) is -0.246. The summed E-state index contributed by atoms with van der Waals surface area (Å²) in [5.41, 5.74) is 1.77. The summed E-state index contributed by atoms with van der Waals surface area (Å²) in [6.07, 6.45) is 2.05. The number of ether oxygens (including phenoxy) is 1. The first-order chi connectivity index (χ1) is 10.5. The summed E-state index contributed by atoms with van der Waals surface area (Å²) in [6, 6.07) is 5.60. The van der Waals surface area contributed by atoms with Crippen LogP contribution in [0.4, 0.5) is 0 Å². The molecule has 1 aromatic carbocycles. The van der Waals surface area contributed by atoms with Gasteiger partial charge in [-0.15, -0.1) is 0 Å². The summed E-state index contributed by atoms with van der Waals surface area (Å²) in [5, 5.41) is 11.9. The summed E-state index contributed by atoms with van der Waals surface area (Å²) in [6.45, 7) is 2.31. The highest BCUT2D eigenvalue weighted by Crippen LogP contribution is 2.28. The van der Waals surface area contributed by atoms with E-state index in [9.17, 15) is 14.7 Å². The first-order valence-electron chi connectivity index (χ1n) is 6.89. The van der Waals surface area contributed by atoms with Crippen LogP contribution in [-0.4, -0.2) is 23.6 Å². The first-order valence-corrected chi connectivity index (χ1v) is 6.89. The van der Waals surface area contributed by atoms with Crippen molar-refractivity contribution in [1.29, 1.82) is 0 Å². The van der Waals surface area contributed by atoms with Gasteiger partial charge in [0.2, 0.25) is 0 Å². The number of carboxylic acids is 1. The van der Waals surface area contributed by atoms with Crippen LogP contribution in [0.1, 0.15) is 33.3 Å². The fourth-order valence-corrected chi connectivity index (χ4v) is 2.45. The van der Waals surface area contributed by atoms with Gasteiger partial charge in [-0.3, -0.25) is 4.79 Å². The zero-order chi connectivity index (χ0) is 15.7. The highest BCUT2D eigenvalue weighted by molar-refractivity contribution is 5.96. The molecule has 22 heavy (non-hydrogen) atoms. The number of amides is 1. The van der Waals surface area contributed by atoms with Crippen LogP contribution < -0.4 is 10.1 Å². The molecule has 1 atom stereocenters. The van der Waals surface area contributed by atoms with Crippen molar-refractivity contribution in [2.75, 3.05) is 6.61 Å². The average molecular weight is 301 g/mol.